The van der Waals surface area contributed by atoms with E-state index in [0.717, 1.165) is 95.8 Å². The van der Waals surface area contributed by atoms with Crippen LogP contribution in [-0.2, 0) is 65.4 Å². The van der Waals surface area contributed by atoms with Gasteiger partial charge in [-0.2, -0.15) is 0 Å². The highest BCUT2D eigenvalue weighted by Gasteiger charge is 2.30. The van der Waals surface area contributed by atoms with Crippen molar-refractivity contribution >= 4 is 39.5 Å². The minimum absolute atomic E-state index is 0.108. The van der Waals surface area contributed by atoms with Crippen LogP contribution in [0.3, 0.4) is 0 Å². The molecule has 0 saturated heterocycles. The smallest absolute Gasteiger partial charge is 0.462 e. The van der Waals surface area contributed by atoms with Gasteiger partial charge in [-0.15, -0.1) is 0 Å². The molecule has 588 valence electrons. The zero-order chi connectivity index (χ0) is 72.7. The monoisotopic (exact) mass is 1450 g/mol. The fourth-order valence-electron chi connectivity index (χ4n) is 12.4. The first-order chi connectivity index (χ1) is 48.0. The molecule has 0 spiro atoms. The van der Waals surface area contributed by atoms with Gasteiger partial charge < -0.3 is 33.8 Å². The van der Waals surface area contributed by atoms with Crippen LogP contribution >= 0.6 is 15.6 Å². The molecule has 0 amide bonds. The summed E-state index contributed by atoms with van der Waals surface area (Å²) in [6, 6.07) is 0. The average Bonchev–Trinajstić information content (AvgIpc) is 1.28. The highest BCUT2D eigenvalue weighted by molar-refractivity contribution is 7.47. The number of aliphatic hydroxyl groups excluding tert-OH is 1. The summed E-state index contributed by atoms with van der Waals surface area (Å²) in [5.74, 6) is -1.29. The molecule has 0 fully saturated rings. The fraction of sp³-hybridized carbons (Fsp3) is 0.950. The first-order valence-electron chi connectivity index (χ1n) is 41.6. The molecule has 0 aromatic heterocycles. The zero-order valence-electron chi connectivity index (χ0n) is 64.6. The lowest BCUT2D eigenvalue weighted by Crippen LogP contribution is -2.30. The Labute approximate surface area is 607 Å². The van der Waals surface area contributed by atoms with Crippen molar-refractivity contribution in [2.75, 3.05) is 39.6 Å². The molecule has 0 aromatic carbocycles. The van der Waals surface area contributed by atoms with Crippen LogP contribution in [-0.4, -0.2) is 96.7 Å². The van der Waals surface area contributed by atoms with Crippen LogP contribution in [0.2, 0.25) is 0 Å². The molecule has 2 unspecified atom stereocenters. The van der Waals surface area contributed by atoms with Crippen molar-refractivity contribution in [1.82, 2.24) is 0 Å². The fourth-order valence-corrected chi connectivity index (χ4v) is 14.0. The van der Waals surface area contributed by atoms with E-state index in [1.807, 2.05) is 0 Å². The summed E-state index contributed by atoms with van der Waals surface area (Å²) in [5.41, 5.74) is 0. The normalized spacial score (nSPS) is 13.9. The maximum Gasteiger partial charge on any atom is 0.472 e. The van der Waals surface area contributed by atoms with E-state index in [1.54, 1.807) is 0 Å². The lowest BCUT2D eigenvalue weighted by Gasteiger charge is -2.21. The van der Waals surface area contributed by atoms with Crippen LogP contribution in [0.5, 0.6) is 0 Å². The van der Waals surface area contributed by atoms with Gasteiger partial charge in [-0.1, -0.05) is 375 Å². The molecule has 0 radical (unpaired) electrons. The van der Waals surface area contributed by atoms with E-state index >= 15 is 0 Å². The molecule has 0 aromatic rings. The van der Waals surface area contributed by atoms with Gasteiger partial charge in [0.25, 0.3) is 0 Å². The standard InChI is InChI=1S/C80H156O17P2/c1-6-9-12-15-18-21-24-27-35-39-44-49-54-59-64-78(83)91-70-76(97-80(85)66-61-56-51-46-41-36-31-29-28-30-34-37-42-47-52-57-62-73(4)5)72-95-99(88,89)93-68-74(81)67-92-98(86,87)94-71-75(96-79(84)65-60-55-50-45-40-33-26-23-20-17-14-11-8-3)69-90-77(82)63-58-53-48-43-38-32-25-22-19-16-13-10-7-2/h73-76,81H,6-72H2,1-5H3,(H,86,87)(H,88,89)/t74-,75+,76+/m0/s1. The van der Waals surface area contributed by atoms with Crippen molar-refractivity contribution in [2.45, 2.75) is 445 Å². The highest BCUT2D eigenvalue weighted by Crippen LogP contribution is 2.45. The Kier molecular flexibility index (Phi) is 71.6. The number of aliphatic hydroxyl groups is 1. The molecule has 0 aliphatic heterocycles. The summed E-state index contributed by atoms with van der Waals surface area (Å²) in [5, 5.41) is 10.6. The van der Waals surface area contributed by atoms with Crippen molar-refractivity contribution in [3.63, 3.8) is 0 Å². The highest BCUT2D eigenvalue weighted by atomic mass is 31.2. The summed E-state index contributed by atoms with van der Waals surface area (Å²) >= 11 is 0. The Balaban J connectivity index is 5.25. The number of esters is 4. The van der Waals surface area contributed by atoms with Gasteiger partial charge in [0.15, 0.2) is 12.2 Å². The van der Waals surface area contributed by atoms with Crippen LogP contribution in [0, 0.1) is 5.92 Å². The van der Waals surface area contributed by atoms with Gasteiger partial charge in [-0.05, 0) is 31.6 Å². The third kappa shape index (κ3) is 74.1. The van der Waals surface area contributed by atoms with Crippen LogP contribution in [0.25, 0.3) is 0 Å². The average molecular weight is 1450 g/mol. The third-order valence-electron chi connectivity index (χ3n) is 18.8. The van der Waals surface area contributed by atoms with Crippen LogP contribution in [0.1, 0.15) is 426 Å². The lowest BCUT2D eigenvalue weighted by molar-refractivity contribution is -0.161. The van der Waals surface area contributed by atoms with Gasteiger partial charge in [0.05, 0.1) is 26.4 Å². The zero-order valence-corrected chi connectivity index (χ0v) is 66.4. The van der Waals surface area contributed by atoms with E-state index in [4.69, 9.17) is 37.0 Å². The van der Waals surface area contributed by atoms with E-state index in [-0.39, 0.29) is 25.7 Å². The predicted molar refractivity (Wildman–Crippen MR) is 405 cm³/mol. The molecule has 99 heavy (non-hydrogen) atoms. The second-order valence-electron chi connectivity index (χ2n) is 29.3. The Hall–Kier alpha value is -1.94. The van der Waals surface area contributed by atoms with Gasteiger partial charge >= 0.3 is 39.5 Å². The number of phosphoric acid groups is 2. The Morgan fingerprint density at radius 1 is 0.273 bits per heavy atom. The van der Waals surface area contributed by atoms with Crippen molar-refractivity contribution in [2.24, 2.45) is 5.92 Å². The SMILES string of the molecule is CCCCCCCCCCCCCCCCC(=O)OC[C@H](COP(=O)(O)OC[C@@H](O)COP(=O)(O)OC[C@@H](COC(=O)CCCCCCCCCCCCCCC)OC(=O)CCCCCCCCCCCCCCC)OC(=O)CCCCCCCCCCCCCCCCCCC(C)C. The number of rotatable bonds is 80. The molecule has 0 aliphatic rings. The molecule has 0 heterocycles. The first-order valence-corrected chi connectivity index (χ1v) is 44.6. The van der Waals surface area contributed by atoms with Gasteiger partial charge in [0.1, 0.15) is 19.3 Å². The molecule has 17 nitrogen and oxygen atoms in total. The minimum atomic E-state index is -4.96. The van der Waals surface area contributed by atoms with Crippen LogP contribution in [0.15, 0.2) is 0 Å². The molecular formula is C80H156O17P2. The number of hydrogen-bond donors (Lipinski definition) is 3. The van der Waals surface area contributed by atoms with E-state index < -0.39 is 97.5 Å². The number of carbonyl (C=O) groups excluding carboxylic acids is 4. The largest absolute Gasteiger partial charge is 0.472 e. The number of hydrogen-bond acceptors (Lipinski definition) is 15. The minimum Gasteiger partial charge on any atom is -0.462 e. The summed E-state index contributed by atoms with van der Waals surface area (Å²) < 4.78 is 68.7. The second kappa shape index (κ2) is 73.0. The summed E-state index contributed by atoms with van der Waals surface area (Å²) in [4.78, 5) is 73.0. The maximum absolute atomic E-state index is 13.1. The summed E-state index contributed by atoms with van der Waals surface area (Å²) in [7, 11) is -9.92. The molecule has 0 rings (SSSR count). The molecule has 3 N–H and O–H groups in total. The van der Waals surface area contributed by atoms with Crippen LogP contribution in [0.4, 0.5) is 0 Å². The Morgan fingerprint density at radius 2 is 0.465 bits per heavy atom. The Bertz CT molecular complexity index is 1890. The molecule has 5 atom stereocenters. The van der Waals surface area contributed by atoms with Crippen molar-refractivity contribution in [3.05, 3.63) is 0 Å². The maximum atomic E-state index is 13.1. The number of phosphoric ester groups is 2. The first kappa shape index (κ1) is 97.1. The number of carbonyl (C=O) groups is 4. The Morgan fingerprint density at radius 3 is 0.687 bits per heavy atom. The van der Waals surface area contributed by atoms with E-state index in [9.17, 15) is 43.2 Å². The van der Waals surface area contributed by atoms with E-state index in [0.29, 0.717) is 25.7 Å². The van der Waals surface area contributed by atoms with Gasteiger partial charge in [-0.3, -0.25) is 37.3 Å². The lowest BCUT2D eigenvalue weighted by atomic mass is 10.0. The van der Waals surface area contributed by atoms with Crippen LogP contribution < -0.4 is 0 Å². The van der Waals surface area contributed by atoms with Gasteiger partial charge in [-0.25, -0.2) is 9.13 Å². The summed E-state index contributed by atoms with van der Waals surface area (Å²) in [6.45, 7) is 7.36. The van der Waals surface area contributed by atoms with Crippen molar-refractivity contribution in [1.29, 1.82) is 0 Å². The van der Waals surface area contributed by atoms with Crippen molar-refractivity contribution < 1.29 is 80.2 Å². The van der Waals surface area contributed by atoms with E-state index in [1.165, 1.54) is 250 Å². The van der Waals surface area contributed by atoms with Crippen molar-refractivity contribution in [3.8, 4) is 0 Å². The molecule has 0 aliphatic carbocycles. The third-order valence-corrected chi connectivity index (χ3v) is 20.7. The predicted octanol–water partition coefficient (Wildman–Crippen LogP) is 24.0. The molecular weight excluding hydrogens is 1290 g/mol. The molecule has 0 bridgehead atoms. The number of unbranched alkanes of at least 4 members (excludes halogenated alkanes) is 52. The topological polar surface area (TPSA) is 237 Å². The van der Waals surface area contributed by atoms with E-state index in [2.05, 4.69) is 34.6 Å². The quantitative estimate of drug-likeness (QED) is 0.0222. The number of ether oxygens (including phenoxy) is 4. The second-order valence-corrected chi connectivity index (χ2v) is 32.2. The summed E-state index contributed by atoms with van der Waals surface area (Å²) in [6.07, 6.45) is 63.6. The molecule has 0 saturated carbocycles. The van der Waals surface area contributed by atoms with Gasteiger partial charge in [0.2, 0.25) is 0 Å². The molecule has 19 heteroatoms. The van der Waals surface area contributed by atoms with Gasteiger partial charge in [0, 0.05) is 25.7 Å².